The van der Waals surface area contributed by atoms with Crippen LogP contribution in [-0.2, 0) is 0 Å². The first-order valence-corrected chi connectivity index (χ1v) is 9.24. The number of halogens is 2. The average Bonchev–Trinajstić information content (AvgIpc) is 3.40. The van der Waals surface area contributed by atoms with Crippen LogP contribution in [0.2, 0.25) is 10.0 Å². The summed E-state index contributed by atoms with van der Waals surface area (Å²) in [5.74, 6) is 2.63. The van der Waals surface area contributed by atoms with E-state index >= 15 is 0 Å². The summed E-state index contributed by atoms with van der Waals surface area (Å²) >= 11 is 12.3. The van der Waals surface area contributed by atoms with E-state index in [0.717, 1.165) is 18.5 Å². The fourth-order valence-electron chi connectivity index (χ4n) is 3.01. The first-order valence-electron chi connectivity index (χ1n) is 8.48. The number of carbonyl (C=O) groups is 1. The third-order valence-electron chi connectivity index (χ3n) is 4.44. The van der Waals surface area contributed by atoms with Crippen LogP contribution >= 0.6 is 23.2 Å². The SMILES string of the molecule is C#Cc1cccc(NC(=O)c2cnn(-c3ccc(Cl)cc3Cl)c2C2CC2)c1. The molecule has 4 rings (SSSR count). The van der Waals surface area contributed by atoms with E-state index in [2.05, 4.69) is 16.3 Å². The van der Waals surface area contributed by atoms with Crippen molar-refractivity contribution in [3.05, 3.63) is 75.5 Å². The Morgan fingerprint density at radius 2 is 2.04 bits per heavy atom. The lowest BCUT2D eigenvalue weighted by Gasteiger charge is -2.11. The minimum absolute atomic E-state index is 0.220. The van der Waals surface area contributed by atoms with Crippen molar-refractivity contribution in [2.75, 3.05) is 5.32 Å². The molecule has 6 heteroatoms. The molecule has 1 saturated carbocycles. The van der Waals surface area contributed by atoms with E-state index in [1.165, 1.54) is 0 Å². The lowest BCUT2D eigenvalue weighted by molar-refractivity contribution is 0.102. The highest BCUT2D eigenvalue weighted by atomic mass is 35.5. The Bertz CT molecular complexity index is 1080. The summed E-state index contributed by atoms with van der Waals surface area (Å²) in [6.45, 7) is 0. The standard InChI is InChI=1S/C21H15Cl2N3O/c1-2-13-4-3-5-16(10-13)25-21(27)17-12-24-26(20(17)14-6-7-14)19-9-8-15(22)11-18(19)23/h1,3-5,8-12,14H,6-7H2,(H,25,27). The summed E-state index contributed by atoms with van der Waals surface area (Å²) in [4.78, 5) is 12.9. The summed E-state index contributed by atoms with van der Waals surface area (Å²) < 4.78 is 1.74. The predicted molar refractivity (Wildman–Crippen MR) is 108 cm³/mol. The van der Waals surface area contributed by atoms with E-state index in [-0.39, 0.29) is 11.8 Å². The quantitative estimate of drug-likeness (QED) is 0.609. The number of hydrogen-bond donors (Lipinski definition) is 1. The number of terminal acetylenes is 1. The lowest BCUT2D eigenvalue weighted by atomic mass is 10.1. The molecule has 134 valence electrons. The van der Waals surface area contributed by atoms with Gasteiger partial charge in [-0.2, -0.15) is 5.10 Å². The first-order chi connectivity index (χ1) is 13.1. The molecule has 4 nitrogen and oxygen atoms in total. The van der Waals surface area contributed by atoms with Gasteiger partial charge in [-0.1, -0.05) is 35.2 Å². The van der Waals surface area contributed by atoms with Gasteiger partial charge in [-0.05, 0) is 49.2 Å². The Morgan fingerprint density at radius 1 is 1.22 bits per heavy atom. The van der Waals surface area contributed by atoms with E-state index in [0.29, 0.717) is 32.5 Å². The summed E-state index contributed by atoms with van der Waals surface area (Å²) in [6.07, 6.45) is 9.04. The van der Waals surface area contributed by atoms with Gasteiger partial charge in [0.05, 0.1) is 28.2 Å². The molecule has 0 radical (unpaired) electrons. The van der Waals surface area contributed by atoms with Gasteiger partial charge in [-0.3, -0.25) is 4.79 Å². The summed E-state index contributed by atoms with van der Waals surface area (Å²) in [5.41, 5.74) is 3.46. The number of amides is 1. The Balaban J connectivity index is 1.70. The molecular formula is C21H15Cl2N3O. The normalized spacial score (nSPS) is 13.2. The van der Waals surface area contributed by atoms with Gasteiger partial charge in [0, 0.05) is 22.2 Å². The van der Waals surface area contributed by atoms with Crippen LogP contribution < -0.4 is 5.32 Å². The Morgan fingerprint density at radius 3 is 2.74 bits per heavy atom. The third-order valence-corrected chi connectivity index (χ3v) is 4.98. The van der Waals surface area contributed by atoms with Crippen LogP contribution in [-0.4, -0.2) is 15.7 Å². The van der Waals surface area contributed by atoms with Crippen LogP contribution in [0.15, 0.2) is 48.7 Å². The van der Waals surface area contributed by atoms with Gasteiger partial charge in [-0.25, -0.2) is 4.68 Å². The predicted octanol–water partition coefficient (Wildman–Crippen LogP) is 5.29. The summed E-state index contributed by atoms with van der Waals surface area (Å²) in [7, 11) is 0. The monoisotopic (exact) mass is 395 g/mol. The number of hydrogen-bond acceptors (Lipinski definition) is 2. The van der Waals surface area contributed by atoms with Crippen molar-refractivity contribution in [3.8, 4) is 18.0 Å². The molecule has 3 aromatic rings. The van der Waals surface area contributed by atoms with Crippen LogP contribution in [0.4, 0.5) is 5.69 Å². The smallest absolute Gasteiger partial charge is 0.259 e. The number of rotatable bonds is 4. The third kappa shape index (κ3) is 3.57. The molecule has 1 aliphatic rings. The highest BCUT2D eigenvalue weighted by Crippen LogP contribution is 2.43. The highest BCUT2D eigenvalue weighted by Gasteiger charge is 2.33. The van der Waals surface area contributed by atoms with E-state index < -0.39 is 0 Å². The molecule has 1 N–H and O–H groups in total. The minimum atomic E-state index is -0.220. The number of anilines is 1. The number of carbonyl (C=O) groups excluding carboxylic acids is 1. The first kappa shape index (κ1) is 17.7. The van der Waals surface area contributed by atoms with Gasteiger partial charge >= 0.3 is 0 Å². The van der Waals surface area contributed by atoms with E-state index in [9.17, 15) is 4.79 Å². The van der Waals surface area contributed by atoms with Crippen LogP contribution in [0.5, 0.6) is 0 Å². The van der Waals surface area contributed by atoms with Crippen LogP contribution in [0.1, 0.15) is 40.4 Å². The lowest BCUT2D eigenvalue weighted by Crippen LogP contribution is -2.14. The van der Waals surface area contributed by atoms with Gasteiger partial charge in [0.25, 0.3) is 5.91 Å². The molecule has 1 fully saturated rings. The van der Waals surface area contributed by atoms with Crippen LogP contribution in [0, 0.1) is 12.3 Å². The summed E-state index contributed by atoms with van der Waals surface area (Å²) in [5, 5.41) is 8.37. The van der Waals surface area contributed by atoms with Crippen molar-refractivity contribution in [1.29, 1.82) is 0 Å². The summed E-state index contributed by atoms with van der Waals surface area (Å²) in [6, 6.07) is 12.4. The second-order valence-electron chi connectivity index (χ2n) is 6.40. The number of benzene rings is 2. The molecule has 2 aromatic carbocycles. The maximum absolute atomic E-state index is 12.9. The minimum Gasteiger partial charge on any atom is -0.322 e. The molecule has 1 heterocycles. The van der Waals surface area contributed by atoms with Crippen molar-refractivity contribution in [2.45, 2.75) is 18.8 Å². The number of nitrogens with zero attached hydrogens (tertiary/aromatic N) is 2. The second kappa shape index (κ2) is 7.11. The van der Waals surface area contributed by atoms with Crippen molar-refractivity contribution < 1.29 is 4.79 Å². The number of aromatic nitrogens is 2. The zero-order chi connectivity index (χ0) is 19.0. The Labute approximate surface area is 167 Å². The van der Waals surface area contributed by atoms with Crippen molar-refractivity contribution >= 4 is 34.8 Å². The van der Waals surface area contributed by atoms with Gasteiger partial charge in [0.2, 0.25) is 0 Å². The molecule has 1 aromatic heterocycles. The van der Waals surface area contributed by atoms with E-state index in [1.54, 1.807) is 35.1 Å². The fourth-order valence-corrected chi connectivity index (χ4v) is 3.50. The molecule has 0 spiro atoms. The fraction of sp³-hybridized carbons (Fsp3) is 0.143. The van der Waals surface area contributed by atoms with Crippen molar-refractivity contribution in [2.24, 2.45) is 0 Å². The molecule has 1 amide bonds. The molecule has 1 aliphatic carbocycles. The van der Waals surface area contributed by atoms with Crippen molar-refractivity contribution in [3.63, 3.8) is 0 Å². The Hall–Kier alpha value is -2.74. The largest absolute Gasteiger partial charge is 0.322 e. The van der Waals surface area contributed by atoms with E-state index in [4.69, 9.17) is 29.6 Å². The molecule has 27 heavy (non-hydrogen) atoms. The van der Waals surface area contributed by atoms with Crippen molar-refractivity contribution in [1.82, 2.24) is 9.78 Å². The zero-order valence-electron chi connectivity index (χ0n) is 14.2. The van der Waals surface area contributed by atoms with Gasteiger partial charge in [-0.15, -0.1) is 6.42 Å². The second-order valence-corrected chi connectivity index (χ2v) is 7.25. The maximum atomic E-state index is 12.9. The topological polar surface area (TPSA) is 46.9 Å². The van der Waals surface area contributed by atoms with Gasteiger partial charge < -0.3 is 5.32 Å². The number of nitrogens with one attached hydrogen (secondary N) is 1. The van der Waals surface area contributed by atoms with Gasteiger partial charge in [0.1, 0.15) is 0 Å². The maximum Gasteiger partial charge on any atom is 0.259 e. The molecule has 0 saturated heterocycles. The van der Waals surface area contributed by atoms with Crippen LogP contribution in [0.25, 0.3) is 5.69 Å². The van der Waals surface area contributed by atoms with Crippen LogP contribution in [0.3, 0.4) is 0 Å². The molecule has 0 atom stereocenters. The highest BCUT2D eigenvalue weighted by molar-refractivity contribution is 6.35. The van der Waals surface area contributed by atoms with E-state index in [1.807, 2.05) is 18.2 Å². The average molecular weight is 396 g/mol. The zero-order valence-corrected chi connectivity index (χ0v) is 15.8. The molecule has 0 unspecified atom stereocenters. The molecular weight excluding hydrogens is 381 g/mol. The molecule has 0 bridgehead atoms. The Kier molecular flexibility index (Phi) is 4.65. The van der Waals surface area contributed by atoms with Gasteiger partial charge in [0.15, 0.2) is 0 Å². The molecule has 0 aliphatic heterocycles.